The van der Waals surface area contributed by atoms with Gasteiger partial charge in [-0.05, 0) is 18.2 Å². The van der Waals surface area contributed by atoms with Crippen molar-refractivity contribution in [1.29, 1.82) is 0 Å². The summed E-state index contributed by atoms with van der Waals surface area (Å²) >= 11 is 4.18. The molecule has 66 valence electrons. The predicted octanol–water partition coefficient (Wildman–Crippen LogP) is 2.00. The van der Waals surface area contributed by atoms with Crippen molar-refractivity contribution in [3.05, 3.63) is 35.4 Å². The second-order valence-electron chi connectivity index (χ2n) is 2.98. The Kier molecular flexibility index (Phi) is 3.63. The molecule has 1 aromatic rings. The summed E-state index contributed by atoms with van der Waals surface area (Å²) in [6.07, 6.45) is 0. The average molecular weight is 182 g/mol. The number of hydrogen-bond donors (Lipinski definition) is 2. The fourth-order valence-electron chi connectivity index (χ4n) is 1.19. The number of rotatable bonds is 3. The Balaban J connectivity index is 2.85. The van der Waals surface area contributed by atoms with Crippen LogP contribution < -0.4 is 0 Å². The standard InChI is InChI=1S/C10H14OS/c1-8-3-2-4-9(5-8)10(6-11)7-12/h2-5,10-12H,6-7H2,1H3. The lowest BCUT2D eigenvalue weighted by Crippen LogP contribution is -2.05. The Labute approximate surface area is 78.8 Å². The molecule has 12 heavy (non-hydrogen) atoms. The van der Waals surface area contributed by atoms with Gasteiger partial charge in [0.1, 0.15) is 0 Å². The molecule has 0 bridgehead atoms. The highest BCUT2D eigenvalue weighted by atomic mass is 32.1. The smallest absolute Gasteiger partial charge is 0.0507 e. The van der Waals surface area contributed by atoms with Gasteiger partial charge in [-0.15, -0.1) is 0 Å². The summed E-state index contributed by atoms with van der Waals surface area (Å²) in [5.74, 6) is 0.869. The van der Waals surface area contributed by atoms with E-state index in [-0.39, 0.29) is 12.5 Å². The van der Waals surface area contributed by atoms with Crippen molar-refractivity contribution in [3.8, 4) is 0 Å². The molecule has 0 radical (unpaired) electrons. The van der Waals surface area contributed by atoms with E-state index in [0.717, 1.165) is 0 Å². The van der Waals surface area contributed by atoms with Crippen LogP contribution in [-0.4, -0.2) is 17.5 Å². The highest BCUT2D eigenvalue weighted by Gasteiger charge is 2.07. The first-order valence-electron chi connectivity index (χ1n) is 4.06. The Morgan fingerprint density at radius 1 is 1.50 bits per heavy atom. The molecule has 0 spiro atoms. The second kappa shape index (κ2) is 4.53. The van der Waals surface area contributed by atoms with Gasteiger partial charge in [-0.2, -0.15) is 12.6 Å². The SMILES string of the molecule is Cc1cccc(C(CO)CS)c1. The summed E-state index contributed by atoms with van der Waals surface area (Å²) in [4.78, 5) is 0. The highest BCUT2D eigenvalue weighted by Crippen LogP contribution is 2.17. The third-order valence-electron chi connectivity index (χ3n) is 1.95. The molecule has 0 amide bonds. The van der Waals surface area contributed by atoms with Crippen molar-refractivity contribution in [1.82, 2.24) is 0 Å². The molecule has 0 aliphatic heterocycles. The molecular weight excluding hydrogens is 168 g/mol. The third kappa shape index (κ3) is 2.26. The monoisotopic (exact) mass is 182 g/mol. The van der Waals surface area contributed by atoms with Crippen molar-refractivity contribution < 1.29 is 5.11 Å². The lowest BCUT2D eigenvalue weighted by atomic mass is 10.0. The summed E-state index contributed by atoms with van der Waals surface area (Å²) in [6.45, 7) is 2.23. The molecule has 1 atom stereocenters. The minimum absolute atomic E-state index is 0.174. The van der Waals surface area contributed by atoms with Crippen molar-refractivity contribution in [2.75, 3.05) is 12.4 Å². The van der Waals surface area contributed by atoms with E-state index in [1.165, 1.54) is 11.1 Å². The zero-order chi connectivity index (χ0) is 8.97. The Hall–Kier alpha value is -0.470. The summed E-state index contributed by atoms with van der Waals surface area (Å²) in [6, 6.07) is 8.19. The Bertz CT molecular complexity index is 243. The van der Waals surface area contributed by atoms with Crippen LogP contribution in [-0.2, 0) is 0 Å². The molecule has 0 aliphatic carbocycles. The topological polar surface area (TPSA) is 20.2 Å². The molecule has 0 aliphatic rings. The zero-order valence-corrected chi connectivity index (χ0v) is 8.09. The number of benzene rings is 1. The lowest BCUT2D eigenvalue weighted by Gasteiger charge is -2.11. The van der Waals surface area contributed by atoms with Gasteiger partial charge in [0.15, 0.2) is 0 Å². The van der Waals surface area contributed by atoms with Gasteiger partial charge in [0.25, 0.3) is 0 Å². The van der Waals surface area contributed by atoms with Crippen LogP contribution in [0.1, 0.15) is 17.0 Å². The fourth-order valence-corrected chi connectivity index (χ4v) is 1.52. The largest absolute Gasteiger partial charge is 0.396 e. The van der Waals surface area contributed by atoms with Crippen molar-refractivity contribution in [2.24, 2.45) is 0 Å². The van der Waals surface area contributed by atoms with Gasteiger partial charge in [0.05, 0.1) is 6.61 Å². The number of aliphatic hydroxyl groups excluding tert-OH is 1. The molecular formula is C10H14OS. The molecule has 0 fully saturated rings. The van der Waals surface area contributed by atoms with E-state index in [9.17, 15) is 0 Å². The Morgan fingerprint density at radius 3 is 2.75 bits per heavy atom. The highest BCUT2D eigenvalue weighted by molar-refractivity contribution is 7.80. The van der Waals surface area contributed by atoms with Gasteiger partial charge < -0.3 is 5.11 Å². The number of thiol groups is 1. The van der Waals surface area contributed by atoms with Crippen molar-refractivity contribution in [2.45, 2.75) is 12.8 Å². The van der Waals surface area contributed by atoms with Crippen LogP contribution in [0.2, 0.25) is 0 Å². The quantitative estimate of drug-likeness (QED) is 0.685. The van der Waals surface area contributed by atoms with Crippen LogP contribution in [0.15, 0.2) is 24.3 Å². The maximum atomic E-state index is 9.02. The van der Waals surface area contributed by atoms with E-state index in [4.69, 9.17) is 5.11 Å². The van der Waals surface area contributed by atoms with Crippen molar-refractivity contribution >= 4 is 12.6 Å². The van der Waals surface area contributed by atoms with Crippen LogP contribution in [0.3, 0.4) is 0 Å². The second-order valence-corrected chi connectivity index (χ2v) is 3.34. The van der Waals surface area contributed by atoms with Crippen LogP contribution in [0.5, 0.6) is 0 Å². The maximum absolute atomic E-state index is 9.02. The van der Waals surface area contributed by atoms with Gasteiger partial charge in [-0.25, -0.2) is 0 Å². The summed E-state index contributed by atoms with van der Waals surface area (Å²) in [7, 11) is 0. The molecule has 1 nitrogen and oxygen atoms in total. The van der Waals surface area contributed by atoms with Gasteiger partial charge in [-0.1, -0.05) is 29.8 Å². The van der Waals surface area contributed by atoms with Gasteiger partial charge >= 0.3 is 0 Å². The van der Waals surface area contributed by atoms with Crippen LogP contribution in [0.4, 0.5) is 0 Å². The van der Waals surface area contributed by atoms with E-state index >= 15 is 0 Å². The van der Waals surface area contributed by atoms with E-state index in [0.29, 0.717) is 5.75 Å². The lowest BCUT2D eigenvalue weighted by molar-refractivity contribution is 0.275. The average Bonchev–Trinajstić information content (AvgIpc) is 2.07. The third-order valence-corrected chi connectivity index (χ3v) is 2.40. The van der Waals surface area contributed by atoms with Gasteiger partial charge in [0.2, 0.25) is 0 Å². The first-order chi connectivity index (χ1) is 5.77. The molecule has 1 unspecified atom stereocenters. The summed E-state index contributed by atoms with van der Waals surface area (Å²) in [5, 5.41) is 9.02. The van der Waals surface area contributed by atoms with Crippen molar-refractivity contribution in [3.63, 3.8) is 0 Å². The predicted molar refractivity (Wildman–Crippen MR) is 54.9 cm³/mol. The molecule has 0 saturated heterocycles. The van der Waals surface area contributed by atoms with E-state index in [1.54, 1.807) is 0 Å². The normalized spacial score (nSPS) is 12.9. The molecule has 2 heteroatoms. The van der Waals surface area contributed by atoms with Gasteiger partial charge in [0, 0.05) is 5.92 Å². The van der Waals surface area contributed by atoms with E-state index < -0.39 is 0 Å². The number of hydrogen-bond acceptors (Lipinski definition) is 2. The zero-order valence-electron chi connectivity index (χ0n) is 7.20. The minimum atomic E-state index is 0.174. The Morgan fingerprint density at radius 2 is 2.25 bits per heavy atom. The van der Waals surface area contributed by atoms with Crippen LogP contribution >= 0.6 is 12.6 Å². The molecule has 0 saturated carbocycles. The first-order valence-corrected chi connectivity index (χ1v) is 4.69. The molecule has 1 rings (SSSR count). The van der Waals surface area contributed by atoms with Crippen LogP contribution in [0.25, 0.3) is 0 Å². The fraction of sp³-hybridized carbons (Fsp3) is 0.400. The maximum Gasteiger partial charge on any atom is 0.0507 e. The van der Waals surface area contributed by atoms with Crippen LogP contribution in [0, 0.1) is 6.92 Å². The molecule has 1 aromatic carbocycles. The number of aryl methyl sites for hydroxylation is 1. The first kappa shape index (κ1) is 9.62. The van der Waals surface area contributed by atoms with E-state index in [1.807, 2.05) is 12.1 Å². The molecule has 1 N–H and O–H groups in total. The minimum Gasteiger partial charge on any atom is -0.396 e. The summed E-state index contributed by atoms with van der Waals surface area (Å²) < 4.78 is 0. The number of aliphatic hydroxyl groups is 1. The molecule has 0 heterocycles. The summed E-state index contributed by atoms with van der Waals surface area (Å²) in [5.41, 5.74) is 2.40. The molecule has 0 aromatic heterocycles. The van der Waals surface area contributed by atoms with Gasteiger partial charge in [-0.3, -0.25) is 0 Å². The van der Waals surface area contributed by atoms with E-state index in [2.05, 4.69) is 31.7 Å².